The first-order valence-electron chi connectivity index (χ1n) is 7.62. The van der Waals surface area contributed by atoms with Gasteiger partial charge >= 0.3 is 5.97 Å². The highest BCUT2D eigenvalue weighted by atomic mass is 16.4. The van der Waals surface area contributed by atoms with E-state index in [1.165, 1.54) is 24.0 Å². The highest BCUT2D eigenvalue weighted by molar-refractivity contribution is 5.88. The second-order valence-electron chi connectivity index (χ2n) is 5.59. The summed E-state index contributed by atoms with van der Waals surface area (Å²) in [5.41, 5.74) is 2.56. The first-order valence-corrected chi connectivity index (χ1v) is 7.62. The first kappa shape index (κ1) is 14.4. The standard InChI is InChI=1S/C17H15N5O2/c23-16(24)12-3-5-18-15(10-12)14-4-6-19-17(20-14)22-9-8-21-7-1-2-13(21)11-22/h1-7,10H,8-9,11H2,(H,23,24). The maximum Gasteiger partial charge on any atom is 0.335 e. The number of rotatable bonds is 3. The third-order valence-corrected chi connectivity index (χ3v) is 4.08. The molecule has 0 unspecified atom stereocenters. The number of nitrogens with zero attached hydrogens (tertiary/aromatic N) is 5. The molecule has 7 nitrogen and oxygen atoms in total. The molecule has 0 saturated carbocycles. The highest BCUT2D eigenvalue weighted by Crippen LogP contribution is 2.21. The lowest BCUT2D eigenvalue weighted by Gasteiger charge is -2.28. The van der Waals surface area contributed by atoms with Crippen molar-refractivity contribution in [1.82, 2.24) is 19.5 Å². The summed E-state index contributed by atoms with van der Waals surface area (Å²) in [6.45, 7) is 2.47. The van der Waals surface area contributed by atoms with Crippen molar-refractivity contribution in [2.45, 2.75) is 13.1 Å². The SMILES string of the molecule is O=C(O)c1ccnc(-c2ccnc(N3CCn4cccc4C3)n2)c1. The number of pyridine rings is 1. The van der Waals surface area contributed by atoms with Crippen LogP contribution in [0.2, 0.25) is 0 Å². The molecular weight excluding hydrogens is 306 g/mol. The zero-order chi connectivity index (χ0) is 16.5. The van der Waals surface area contributed by atoms with E-state index >= 15 is 0 Å². The second-order valence-corrected chi connectivity index (χ2v) is 5.59. The smallest absolute Gasteiger partial charge is 0.335 e. The minimum atomic E-state index is -0.982. The van der Waals surface area contributed by atoms with Crippen molar-refractivity contribution in [2.24, 2.45) is 0 Å². The lowest BCUT2D eigenvalue weighted by atomic mass is 10.2. The van der Waals surface area contributed by atoms with Crippen LogP contribution in [0.3, 0.4) is 0 Å². The van der Waals surface area contributed by atoms with Gasteiger partial charge in [-0.3, -0.25) is 4.98 Å². The number of carboxylic acid groups (broad SMARTS) is 1. The zero-order valence-corrected chi connectivity index (χ0v) is 12.8. The van der Waals surface area contributed by atoms with E-state index in [4.69, 9.17) is 5.11 Å². The van der Waals surface area contributed by atoms with Gasteiger partial charge in [0.1, 0.15) is 0 Å². The van der Waals surface area contributed by atoms with Crippen molar-refractivity contribution >= 4 is 11.9 Å². The van der Waals surface area contributed by atoms with E-state index in [-0.39, 0.29) is 5.56 Å². The van der Waals surface area contributed by atoms with E-state index in [9.17, 15) is 4.79 Å². The Balaban J connectivity index is 1.65. The van der Waals surface area contributed by atoms with Gasteiger partial charge in [0.2, 0.25) is 5.95 Å². The van der Waals surface area contributed by atoms with E-state index in [1.807, 2.05) is 6.07 Å². The normalized spacial score (nSPS) is 13.6. The molecule has 0 amide bonds. The summed E-state index contributed by atoms with van der Waals surface area (Å²) in [5.74, 6) is -0.354. The quantitative estimate of drug-likeness (QED) is 0.795. The molecule has 4 heterocycles. The fraction of sp³-hybridized carbons (Fsp3) is 0.176. The van der Waals surface area contributed by atoms with Gasteiger partial charge in [-0.25, -0.2) is 14.8 Å². The Labute approximate surface area is 138 Å². The van der Waals surface area contributed by atoms with Gasteiger partial charge in [-0.15, -0.1) is 0 Å². The number of carboxylic acids is 1. The summed E-state index contributed by atoms with van der Waals surface area (Å²) in [5, 5.41) is 9.12. The van der Waals surface area contributed by atoms with Gasteiger partial charge in [-0.1, -0.05) is 0 Å². The third-order valence-electron chi connectivity index (χ3n) is 4.08. The van der Waals surface area contributed by atoms with E-state index in [0.717, 1.165) is 19.6 Å². The first-order chi connectivity index (χ1) is 11.7. The fourth-order valence-corrected chi connectivity index (χ4v) is 2.83. The molecule has 0 saturated heterocycles. The van der Waals surface area contributed by atoms with Gasteiger partial charge in [0, 0.05) is 37.4 Å². The summed E-state index contributed by atoms with van der Waals surface area (Å²) in [6, 6.07) is 8.86. The third kappa shape index (κ3) is 2.60. The van der Waals surface area contributed by atoms with E-state index in [2.05, 4.69) is 36.7 Å². The Morgan fingerprint density at radius 3 is 2.83 bits per heavy atom. The summed E-state index contributed by atoms with van der Waals surface area (Å²) in [4.78, 5) is 26.4. The Hall–Kier alpha value is -3.22. The number of carbonyl (C=O) groups is 1. The van der Waals surface area contributed by atoms with Crippen molar-refractivity contribution in [1.29, 1.82) is 0 Å². The summed E-state index contributed by atoms with van der Waals surface area (Å²) < 4.78 is 2.22. The second kappa shape index (κ2) is 5.77. The van der Waals surface area contributed by atoms with Crippen LogP contribution in [0, 0.1) is 0 Å². The molecule has 0 aromatic carbocycles. The average molecular weight is 321 g/mol. The number of aromatic carboxylic acids is 1. The minimum Gasteiger partial charge on any atom is -0.478 e. The van der Waals surface area contributed by atoms with Gasteiger partial charge in [0.15, 0.2) is 0 Å². The van der Waals surface area contributed by atoms with E-state index in [0.29, 0.717) is 17.3 Å². The summed E-state index contributed by atoms with van der Waals surface area (Å²) in [7, 11) is 0. The lowest BCUT2D eigenvalue weighted by molar-refractivity contribution is 0.0697. The molecule has 0 spiro atoms. The monoisotopic (exact) mass is 321 g/mol. The molecule has 1 aliphatic rings. The predicted octanol–water partition coefficient (Wildman–Crippen LogP) is 2.06. The zero-order valence-electron chi connectivity index (χ0n) is 12.8. The number of anilines is 1. The van der Waals surface area contributed by atoms with Gasteiger partial charge < -0.3 is 14.6 Å². The van der Waals surface area contributed by atoms with Crippen molar-refractivity contribution < 1.29 is 9.90 Å². The van der Waals surface area contributed by atoms with Crippen LogP contribution in [0.15, 0.2) is 48.9 Å². The Morgan fingerprint density at radius 2 is 1.96 bits per heavy atom. The molecule has 0 fully saturated rings. The maximum atomic E-state index is 11.1. The fourth-order valence-electron chi connectivity index (χ4n) is 2.83. The largest absolute Gasteiger partial charge is 0.478 e. The Kier molecular flexibility index (Phi) is 3.45. The molecule has 3 aromatic heterocycles. The van der Waals surface area contributed by atoms with Crippen LogP contribution in [0.5, 0.6) is 0 Å². The topological polar surface area (TPSA) is 84.1 Å². The molecule has 24 heavy (non-hydrogen) atoms. The molecule has 0 radical (unpaired) electrons. The lowest BCUT2D eigenvalue weighted by Crippen LogP contribution is -2.34. The van der Waals surface area contributed by atoms with Crippen molar-refractivity contribution in [3.8, 4) is 11.4 Å². The molecule has 0 atom stereocenters. The van der Waals surface area contributed by atoms with Crippen LogP contribution in [-0.2, 0) is 13.1 Å². The Morgan fingerprint density at radius 1 is 1.08 bits per heavy atom. The van der Waals surface area contributed by atoms with Crippen LogP contribution >= 0.6 is 0 Å². The van der Waals surface area contributed by atoms with Crippen LogP contribution in [-0.4, -0.2) is 37.1 Å². The number of hydrogen-bond donors (Lipinski definition) is 1. The molecule has 0 aliphatic carbocycles. The van der Waals surface area contributed by atoms with E-state index in [1.54, 1.807) is 12.3 Å². The molecule has 0 bridgehead atoms. The van der Waals surface area contributed by atoms with Crippen LogP contribution in [0.25, 0.3) is 11.4 Å². The van der Waals surface area contributed by atoms with Gasteiger partial charge in [-0.05, 0) is 30.3 Å². The maximum absolute atomic E-state index is 11.1. The molecule has 120 valence electrons. The summed E-state index contributed by atoms with van der Waals surface area (Å²) >= 11 is 0. The van der Waals surface area contributed by atoms with Crippen molar-refractivity contribution in [2.75, 3.05) is 11.4 Å². The van der Waals surface area contributed by atoms with Crippen molar-refractivity contribution in [3.05, 3.63) is 60.2 Å². The molecular formula is C17H15N5O2. The molecule has 1 aliphatic heterocycles. The van der Waals surface area contributed by atoms with Gasteiger partial charge in [0.05, 0.1) is 23.5 Å². The van der Waals surface area contributed by atoms with Crippen LogP contribution < -0.4 is 4.90 Å². The van der Waals surface area contributed by atoms with Gasteiger partial charge in [-0.2, -0.15) is 0 Å². The molecule has 3 aromatic rings. The summed E-state index contributed by atoms with van der Waals surface area (Å²) in [6.07, 6.45) is 5.24. The molecule has 7 heteroatoms. The van der Waals surface area contributed by atoms with E-state index < -0.39 is 5.97 Å². The van der Waals surface area contributed by atoms with Crippen LogP contribution in [0.1, 0.15) is 16.1 Å². The number of hydrogen-bond acceptors (Lipinski definition) is 5. The predicted molar refractivity (Wildman–Crippen MR) is 87.7 cm³/mol. The number of aromatic nitrogens is 4. The Bertz CT molecular complexity index is 905. The van der Waals surface area contributed by atoms with Crippen molar-refractivity contribution in [3.63, 3.8) is 0 Å². The minimum absolute atomic E-state index is 0.191. The molecule has 1 N–H and O–H groups in total. The average Bonchev–Trinajstić information content (AvgIpc) is 3.09. The number of fused-ring (bicyclic) bond motifs is 1. The van der Waals surface area contributed by atoms with Crippen LogP contribution in [0.4, 0.5) is 5.95 Å². The molecule has 4 rings (SSSR count). The van der Waals surface area contributed by atoms with Gasteiger partial charge in [0.25, 0.3) is 0 Å². The highest BCUT2D eigenvalue weighted by Gasteiger charge is 2.18.